The number of anilines is 1. The van der Waals surface area contributed by atoms with Gasteiger partial charge in [-0.05, 0) is 37.6 Å². The predicted octanol–water partition coefficient (Wildman–Crippen LogP) is 4.12. The molecule has 0 bridgehead atoms. The summed E-state index contributed by atoms with van der Waals surface area (Å²) in [5, 5.41) is 12.2. The third kappa shape index (κ3) is 5.05. The third-order valence-electron chi connectivity index (χ3n) is 4.95. The van der Waals surface area contributed by atoms with Crippen LogP contribution < -0.4 is 14.8 Å². The SMILES string of the molecule is CCCN(CCC(=O)Nc1nnc(-c2cccc(C)c2)s1)C(=O)c1ccc2c(c1)OCO2. The van der Waals surface area contributed by atoms with Crippen molar-refractivity contribution in [2.45, 2.75) is 26.7 Å². The molecule has 166 valence electrons. The van der Waals surface area contributed by atoms with Crippen LogP contribution >= 0.6 is 11.3 Å². The van der Waals surface area contributed by atoms with E-state index in [1.807, 2.05) is 38.1 Å². The maximum absolute atomic E-state index is 13.0. The highest BCUT2D eigenvalue weighted by molar-refractivity contribution is 7.18. The van der Waals surface area contributed by atoms with Crippen LogP contribution in [0.15, 0.2) is 42.5 Å². The molecule has 0 saturated carbocycles. The number of ether oxygens (including phenoxy) is 2. The number of rotatable bonds is 8. The molecule has 0 aliphatic carbocycles. The lowest BCUT2D eigenvalue weighted by Gasteiger charge is -2.22. The predicted molar refractivity (Wildman–Crippen MR) is 122 cm³/mol. The summed E-state index contributed by atoms with van der Waals surface area (Å²) in [6.45, 7) is 5.02. The van der Waals surface area contributed by atoms with Crippen molar-refractivity contribution in [3.05, 3.63) is 53.6 Å². The van der Waals surface area contributed by atoms with Gasteiger partial charge in [0, 0.05) is 30.6 Å². The number of carbonyl (C=O) groups is 2. The van der Waals surface area contributed by atoms with Crippen molar-refractivity contribution in [3.8, 4) is 22.1 Å². The molecule has 2 aromatic carbocycles. The number of benzene rings is 2. The van der Waals surface area contributed by atoms with Gasteiger partial charge in [-0.25, -0.2) is 0 Å². The molecule has 2 amide bonds. The van der Waals surface area contributed by atoms with Gasteiger partial charge in [-0.15, -0.1) is 10.2 Å². The molecule has 1 aliphatic heterocycles. The summed E-state index contributed by atoms with van der Waals surface area (Å²) in [6.07, 6.45) is 0.948. The molecule has 4 rings (SSSR count). The van der Waals surface area contributed by atoms with E-state index in [4.69, 9.17) is 9.47 Å². The Kier molecular flexibility index (Phi) is 6.65. The smallest absolute Gasteiger partial charge is 0.254 e. The number of nitrogens with zero attached hydrogens (tertiary/aromatic N) is 3. The molecular weight excluding hydrogens is 428 g/mol. The molecule has 0 unspecified atom stereocenters. The van der Waals surface area contributed by atoms with Crippen molar-refractivity contribution >= 4 is 28.3 Å². The number of nitrogens with one attached hydrogen (secondary N) is 1. The number of aromatic nitrogens is 2. The van der Waals surface area contributed by atoms with E-state index in [-0.39, 0.29) is 25.0 Å². The Labute approximate surface area is 190 Å². The normalized spacial score (nSPS) is 11.9. The molecule has 32 heavy (non-hydrogen) atoms. The van der Waals surface area contributed by atoms with Crippen LogP contribution in [0.1, 0.15) is 35.7 Å². The Balaban J connectivity index is 1.35. The van der Waals surface area contributed by atoms with Gasteiger partial charge in [0.15, 0.2) is 11.5 Å². The van der Waals surface area contributed by atoms with Gasteiger partial charge >= 0.3 is 0 Å². The maximum atomic E-state index is 13.0. The molecule has 0 spiro atoms. The average Bonchev–Trinajstić information content (AvgIpc) is 3.45. The van der Waals surface area contributed by atoms with Crippen LogP contribution in [0.3, 0.4) is 0 Å². The van der Waals surface area contributed by atoms with Gasteiger partial charge in [-0.3, -0.25) is 9.59 Å². The summed E-state index contributed by atoms with van der Waals surface area (Å²) in [7, 11) is 0. The van der Waals surface area contributed by atoms with Crippen molar-refractivity contribution in [2.24, 2.45) is 0 Å². The van der Waals surface area contributed by atoms with Crippen LogP contribution in [0.4, 0.5) is 5.13 Å². The highest BCUT2D eigenvalue weighted by atomic mass is 32.1. The van der Waals surface area contributed by atoms with Crippen LogP contribution in [0.25, 0.3) is 10.6 Å². The first kappa shape index (κ1) is 21.8. The van der Waals surface area contributed by atoms with Crippen molar-refractivity contribution in [1.82, 2.24) is 15.1 Å². The van der Waals surface area contributed by atoms with Gasteiger partial charge in [0.2, 0.25) is 17.8 Å². The van der Waals surface area contributed by atoms with Crippen LogP contribution in [0.5, 0.6) is 11.5 Å². The number of hydrogen-bond donors (Lipinski definition) is 1. The summed E-state index contributed by atoms with van der Waals surface area (Å²) >= 11 is 1.32. The summed E-state index contributed by atoms with van der Waals surface area (Å²) in [4.78, 5) is 27.1. The molecule has 8 nitrogen and oxygen atoms in total. The summed E-state index contributed by atoms with van der Waals surface area (Å²) in [5.74, 6) is 0.836. The minimum atomic E-state index is -0.212. The zero-order valence-corrected chi connectivity index (χ0v) is 18.8. The zero-order valence-electron chi connectivity index (χ0n) is 18.0. The van der Waals surface area contributed by atoms with Crippen molar-refractivity contribution < 1.29 is 19.1 Å². The van der Waals surface area contributed by atoms with Gasteiger partial charge in [0.05, 0.1) is 0 Å². The molecule has 9 heteroatoms. The standard InChI is InChI=1S/C23H24N4O4S/c1-3-10-27(22(29)17-7-8-18-19(13-17)31-14-30-18)11-9-20(28)24-23-26-25-21(32-23)16-6-4-5-15(2)12-16/h4-8,12-13H,3,9-11,14H2,1-2H3,(H,24,26,28). The second kappa shape index (κ2) is 9.78. The topological polar surface area (TPSA) is 93.7 Å². The molecule has 0 radical (unpaired) electrons. The first-order valence-corrected chi connectivity index (χ1v) is 11.2. The molecular formula is C23H24N4O4S. The van der Waals surface area contributed by atoms with Crippen LogP contribution in [0, 0.1) is 6.92 Å². The molecule has 1 N–H and O–H groups in total. The second-order valence-electron chi connectivity index (χ2n) is 7.44. The number of carbonyl (C=O) groups excluding carboxylic acids is 2. The lowest BCUT2D eigenvalue weighted by molar-refractivity contribution is -0.116. The number of fused-ring (bicyclic) bond motifs is 1. The van der Waals surface area contributed by atoms with Crippen LogP contribution in [0.2, 0.25) is 0 Å². The van der Waals surface area contributed by atoms with Gasteiger partial charge in [-0.1, -0.05) is 42.0 Å². The summed E-state index contributed by atoms with van der Waals surface area (Å²) in [6, 6.07) is 13.1. The van der Waals surface area contributed by atoms with E-state index < -0.39 is 0 Å². The highest BCUT2D eigenvalue weighted by Crippen LogP contribution is 2.33. The highest BCUT2D eigenvalue weighted by Gasteiger charge is 2.21. The van der Waals surface area contributed by atoms with Crippen molar-refractivity contribution in [3.63, 3.8) is 0 Å². The molecule has 0 fully saturated rings. The second-order valence-corrected chi connectivity index (χ2v) is 8.42. The van der Waals surface area contributed by atoms with E-state index in [9.17, 15) is 9.59 Å². The van der Waals surface area contributed by atoms with Crippen LogP contribution in [-0.2, 0) is 4.79 Å². The van der Waals surface area contributed by atoms with Gasteiger partial charge in [0.1, 0.15) is 5.01 Å². The Morgan fingerprint density at radius 3 is 2.75 bits per heavy atom. The molecule has 1 aliphatic rings. The van der Waals surface area contributed by atoms with Gasteiger partial charge in [-0.2, -0.15) is 0 Å². The minimum absolute atomic E-state index is 0.143. The van der Waals surface area contributed by atoms with Crippen LogP contribution in [-0.4, -0.2) is 46.8 Å². The van der Waals surface area contributed by atoms with E-state index in [1.54, 1.807) is 23.1 Å². The van der Waals surface area contributed by atoms with E-state index >= 15 is 0 Å². The molecule has 0 saturated heterocycles. The maximum Gasteiger partial charge on any atom is 0.254 e. The molecule has 2 heterocycles. The van der Waals surface area contributed by atoms with E-state index in [2.05, 4.69) is 15.5 Å². The summed E-state index contributed by atoms with van der Waals surface area (Å²) < 4.78 is 10.7. The van der Waals surface area contributed by atoms with Crippen molar-refractivity contribution in [2.75, 3.05) is 25.2 Å². The van der Waals surface area contributed by atoms with E-state index in [0.717, 1.165) is 22.6 Å². The monoisotopic (exact) mass is 452 g/mol. The first-order chi connectivity index (χ1) is 15.5. The largest absolute Gasteiger partial charge is 0.454 e. The Bertz CT molecular complexity index is 1130. The Morgan fingerprint density at radius 1 is 1.09 bits per heavy atom. The number of amides is 2. The minimum Gasteiger partial charge on any atom is -0.454 e. The summed E-state index contributed by atoms with van der Waals surface area (Å²) in [5.41, 5.74) is 2.60. The molecule has 1 aromatic heterocycles. The fraction of sp³-hybridized carbons (Fsp3) is 0.304. The van der Waals surface area contributed by atoms with Gasteiger partial charge in [0.25, 0.3) is 5.91 Å². The fourth-order valence-electron chi connectivity index (χ4n) is 3.38. The average molecular weight is 453 g/mol. The Hall–Kier alpha value is -3.46. The van der Waals surface area contributed by atoms with E-state index in [1.165, 1.54) is 11.3 Å². The number of aryl methyl sites for hydroxylation is 1. The zero-order chi connectivity index (χ0) is 22.5. The lowest BCUT2D eigenvalue weighted by atomic mass is 10.1. The molecule has 3 aromatic rings. The first-order valence-electron chi connectivity index (χ1n) is 10.4. The molecule has 0 atom stereocenters. The number of hydrogen-bond acceptors (Lipinski definition) is 7. The lowest BCUT2D eigenvalue weighted by Crippen LogP contribution is -2.34. The van der Waals surface area contributed by atoms with E-state index in [0.29, 0.717) is 35.3 Å². The fourth-order valence-corrected chi connectivity index (χ4v) is 4.14. The quantitative estimate of drug-likeness (QED) is 0.553. The Morgan fingerprint density at radius 2 is 1.94 bits per heavy atom. The van der Waals surface area contributed by atoms with Gasteiger partial charge < -0.3 is 19.7 Å². The third-order valence-corrected chi connectivity index (χ3v) is 5.83. The van der Waals surface area contributed by atoms with Crippen molar-refractivity contribution in [1.29, 1.82) is 0 Å².